The van der Waals surface area contributed by atoms with Crippen molar-refractivity contribution in [1.29, 1.82) is 0 Å². The van der Waals surface area contributed by atoms with Crippen LogP contribution in [0.15, 0.2) is 12.2 Å². The van der Waals surface area contributed by atoms with E-state index in [0.717, 1.165) is 38.5 Å². The first kappa shape index (κ1) is 63.0. The molecule has 0 heterocycles. The molecular weight excluding hydrogens is 791 g/mol. The van der Waals surface area contributed by atoms with E-state index >= 15 is 0 Å². The smallest absolute Gasteiger partial charge is 0.249 e. The van der Waals surface area contributed by atoms with Crippen LogP contribution < -0.4 is 5.32 Å². The molecule has 0 aliphatic heterocycles. The zero-order valence-corrected chi connectivity index (χ0v) is 43.3. The first-order valence-corrected chi connectivity index (χ1v) is 29.1. The minimum Gasteiger partial charge on any atom is -0.394 e. The predicted molar refractivity (Wildman–Crippen MR) is 279 cm³/mol. The van der Waals surface area contributed by atoms with Gasteiger partial charge in [-0.05, 0) is 38.5 Å². The van der Waals surface area contributed by atoms with Gasteiger partial charge in [0.05, 0.1) is 18.8 Å². The van der Waals surface area contributed by atoms with E-state index in [-0.39, 0.29) is 0 Å². The average molecular weight is 907 g/mol. The molecule has 0 radical (unpaired) electrons. The van der Waals surface area contributed by atoms with Crippen molar-refractivity contribution in [2.75, 3.05) is 6.61 Å². The summed E-state index contributed by atoms with van der Waals surface area (Å²) >= 11 is 0. The van der Waals surface area contributed by atoms with Crippen LogP contribution in [0.5, 0.6) is 0 Å². The van der Waals surface area contributed by atoms with Gasteiger partial charge >= 0.3 is 0 Å². The van der Waals surface area contributed by atoms with E-state index in [2.05, 4.69) is 31.3 Å². The predicted octanol–water partition coefficient (Wildman–Crippen LogP) is 16.9. The van der Waals surface area contributed by atoms with Gasteiger partial charge in [0, 0.05) is 0 Å². The van der Waals surface area contributed by atoms with Crippen LogP contribution in [-0.2, 0) is 4.79 Å². The number of aliphatic hydroxyl groups is 4. The minimum absolute atomic E-state index is 0.374. The molecule has 5 N–H and O–H groups in total. The van der Waals surface area contributed by atoms with E-state index in [4.69, 9.17) is 0 Å². The van der Waals surface area contributed by atoms with Crippen molar-refractivity contribution in [3.05, 3.63) is 12.2 Å². The number of amides is 1. The van der Waals surface area contributed by atoms with Gasteiger partial charge in [0.1, 0.15) is 12.2 Å². The van der Waals surface area contributed by atoms with E-state index in [1.807, 2.05) is 0 Å². The Balaban J connectivity index is 3.55. The monoisotopic (exact) mass is 906 g/mol. The van der Waals surface area contributed by atoms with Gasteiger partial charge in [-0.2, -0.15) is 0 Å². The lowest BCUT2D eigenvalue weighted by atomic mass is 9.99. The third-order valence-corrected chi connectivity index (χ3v) is 14.0. The summed E-state index contributed by atoms with van der Waals surface area (Å²) in [4.78, 5) is 12.6. The molecule has 0 saturated heterocycles. The normalized spacial score (nSPS) is 13.8. The highest BCUT2D eigenvalue weighted by Crippen LogP contribution is 2.18. The van der Waals surface area contributed by atoms with Crippen molar-refractivity contribution < 1.29 is 25.2 Å². The molecule has 6 nitrogen and oxygen atoms in total. The molecule has 1 amide bonds. The molecule has 6 heteroatoms. The second kappa shape index (κ2) is 53.0. The van der Waals surface area contributed by atoms with Gasteiger partial charge in [-0.3, -0.25) is 4.79 Å². The van der Waals surface area contributed by atoms with Gasteiger partial charge in [0.25, 0.3) is 0 Å². The molecule has 0 spiro atoms. The highest BCUT2D eigenvalue weighted by molar-refractivity contribution is 5.80. The van der Waals surface area contributed by atoms with Gasteiger partial charge in [-0.1, -0.05) is 296 Å². The van der Waals surface area contributed by atoms with E-state index in [1.54, 1.807) is 0 Å². The average Bonchev–Trinajstić information content (AvgIpc) is 3.30. The molecule has 0 rings (SSSR count). The molecular formula is C58H115NO5. The number of allylic oxidation sites excluding steroid dienone is 2. The van der Waals surface area contributed by atoms with Gasteiger partial charge in [-0.25, -0.2) is 0 Å². The largest absolute Gasteiger partial charge is 0.394 e. The van der Waals surface area contributed by atoms with Crippen molar-refractivity contribution >= 4 is 5.91 Å². The molecule has 0 aromatic rings. The second-order valence-corrected chi connectivity index (χ2v) is 20.3. The summed E-state index contributed by atoms with van der Waals surface area (Å²) in [5, 5.41) is 44.0. The Hall–Kier alpha value is -0.950. The van der Waals surface area contributed by atoms with Crippen LogP contribution in [-0.4, -0.2) is 57.3 Å². The van der Waals surface area contributed by atoms with Crippen LogP contribution in [0.2, 0.25) is 0 Å². The quantitative estimate of drug-likeness (QED) is 0.0308. The number of carbonyl (C=O) groups is 1. The number of nitrogens with one attached hydrogen (secondary N) is 1. The highest BCUT2D eigenvalue weighted by Gasteiger charge is 2.28. The topological polar surface area (TPSA) is 110 Å². The number of carbonyl (C=O) groups excluding carboxylic acids is 1. The van der Waals surface area contributed by atoms with Crippen molar-refractivity contribution in [3.8, 4) is 0 Å². The lowest BCUT2D eigenvalue weighted by molar-refractivity contribution is -0.132. The highest BCUT2D eigenvalue weighted by atomic mass is 16.3. The van der Waals surface area contributed by atoms with Crippen LogP contribution in [0.25, 0.3) is 0 Å². The fourth-order valence-corrected chi connectivity index (χ4v) is 9.40. The van der Waals surface area contributed by atoms with E-state index in [0.29, 0.717) is 12.8 Å². The Morgan fingerprint density at radius 2 is 0.625 bits per heavy atom. The van der Waals surface area contributed by atoms with Gasteiger partial charge in [0.2, 0.25) is 5.91 Å². The van der Waals surface area contributed by atoms with Crippen LogP contribution in [0.3, 0.4) is 0 Å². The summed E-state index contributed by atoms with van der Waals surface area (Å²) in [5.74, 6) is -0.578. The minimum atomic E-state index is -1.26. The number of hydrogen-bond acceptors (Lipinski definition) is 5. The molecule has 0 aromatic heterocycles. The molecule has 0 fully saturated rings. The molecule has 0 aliphatic rings. The lowest BCUT2D eigenvalue weighted by Crippen LogP contribution is -2.53. The first-order valence-electron chi connectivity index (χ1n) is 29.1. The molecule has 64 heavy (non-hydrogen) atoms. The van der Waals surface area contributed by atoms with Crippen LogP contribution in [0.4, 0.5) is 0 Å². The molecule has 382 valence electrons. The zero-order chi connectivity index (χ0) is 46.7. The zero-order valence-electron chi connectivity index (χ0n) is 43.3. The SMILES string of the molecule is CCCCCCCCCCCCCC/C=C\CCCCCCCCCCCCCCCCCCC(O)C(=O)NC(CO)C(O)C(O)CCCCCCCCCCCCCCCCCC. The molecule has 0 aromatic carbocycles. The summed E-state index contributed by atoms with van der Waals surface area (Å²) < 4.78 is 0. The van der Waals surface area contributed by atoms with Crippen molar-refractivity contribution in [2.45, 2.75) is 346 Å². The molecule has 4 unspecified atom stereocenters. The molecule has 4 atom stereocenters. The Kier molecular flexibility index (Phi) is 52.2. The van der Waals surface area contributed by atoms with Crippen LogP contribution >= 0.6 is 0 Å². The maximum absolute atomic E-state index is 12.6. The second-order valence-electron chi connectivity index (χ2n) is 20.3. The summed E-state index contributed by atoms with van der Waals surface area (Å²) in [7, 11) is 0. The van der Waals surface area contributed by atoms with Crippen molar-refractivity contribution in [2.24, 2.45) is 0 Å². The van der Waals surface area contributed by atoms with E-state index in [9.17, 15) is 25.2 Å². The fourth-order valence-electron chi connectivity index (χ4n) is 9.40. The van der Waals surface area contributed by atoms with Gasteiger partial charge in [0.15, 0.2) is 0 Å². The summed E-state index contributed by atoms with van der Waals surface area (Å²) in [5.41, 5.74) is 0. The lowest BCUT2D eigenvalue weighted by Gasteiger charge is -2.27. The number of unbranched alkanes of at least 4 members (excludes halogenated alkanes) is 43. The van der Waals surface area contributed by atoms with Gasteiger partial charge in [-0.15, -0.1) is 0 Å². The number of hydrogen-bond donors (Lipinski definition) is 5. The van der Waals surface area contributed by atoms with Crippen LogP contribution in [0, 0.1) is 0 Å². The number of rotatable bonds is 54. The van der Waals surface area contributed by atoms with E-state index < -0.39 is 36.9 Å². The first-order chi connectivity index (χ1) is 31.5. The molecule has 0 bridgehead atoms. The Labute approximate surface area is 400 Å². The summed E-state index contributed by atoms with van der Waals surface area (Å²) in [6.07, 6.45) is 62.9. The fraction of sp³-hybridized carbons (Fsp3) is 0.948. The molecule has 0 saturated carbocycles. The maximum atomic E-state index is 12.6. The Bertz CT molecular complexity index is 928. The Morgan fingerprint density at radius 1 is 0.375 bits per heavy atom. The summed E-state index contributed by atoms with van der Waals surface area (Å²) in [6.45, 7) is 4.09. The Morgan fingerprint density at radius 3 is 0.906 bits per heavy atom. The molecule has 0 aliphatic carbocycles. The number of aliphatic hydroxyl groups excluding tert-OH is 4. The standard InChI is InChI=1S/C58H115NO5/c1-3-5-7-9-11-13-15-17-19-21-22-23-24-25-26-27-28-29-30-31-32-33-34-35-36-38-40-42-44-46-48-50-52-56(62)58(64)59-54(53-60)57(63)55(61)51-49-47-45-43-41-39-37-20-18-16-14-12-10-8-6-4-2/h25-26,54-57,60-63H,3-24,27-53H2,1-2H3,(H,59,64)/b26-25-. The van der Waals surface area contributed by atoms with Gasteiger partial charge < -0.3 is 25.7 Å². The third kappa shape index (κ3) is 46.2. The van der Waals surface area contributed by atoms with Crippen LogP contribution in [0.1, 0.15) is 322 Å². The van der Waals surface area contributed by atoms with Crippen molar-refractivity contribution in [3.63, 3.8) is 0 Å². The maximum Gasteiger partial charge on any atom is 0.249 e. The summed E-state index contributed by atoms with van der Waals surface area (Å²) in [6, 6.07) is -0.982. The van der Waals surface area contributed by atoms with E-state index in [1.165, 1.54) is 257 Å². The third-order valence-electron chi connectivity index (χ3n) is 14.0. The van der Waals surface area contributed by atoms with Crippen molar-refractivity contribution in [1.82, 2.24) is 5.32 Å².